The first-order valence-corrected chi connectivity index (χ1v) is 13.6. The summed E-state index contributed by atoms with van der Waals surface area (Å²) in [5, 5.41) is 7.74. The van der Waals surface area contributed by atoms with Crippen LogP contribution in [0.3, 0.4) is 0 Å². The van der Waals surface area contributed by atoms with Gasteiger partial charge in [0.05, 0.1) is 11.0 Å². The molecule has 2 aromatic heterocycles. The average Bonchev–Trinajstić information content (AvgIpc) is 3.28. The lowest BCUT2D eigenvalue weighted by atomic mass is 9.97. The van der Waals surface area contributed by atoms with Gasteiger partial charge in [0, 0.05) is 21.9 Å². The first-order valence-electron chi connectivity index (χ1n) is 13.6. The summed E-state index contributed by atoms with van der Waals surface area (Å²) < 4.78 is 2.24. The fourth-order valence-electron chi connectivity index (χ4n) is 6.51. The normalized spacial score (nSPS) is 12.4. The molecule has 0 bridgehead atoms. The Labute approximate surface area is 230 Å². The van der Waals surface area contributed by atoms with Crippen LogP contribution in [-0.2, 0) is 6.42 Å². The van der Waals surface area contributed by atoms with Crippen LogP contribution in [0.4, 0.5) is 0 Å². The number of hydrogen-bond donors (Lipinski definition) is 0. The van der Waals surface area contributed by atoms with Crippen molar-refractivity contribution in [2.45, 2.75) is 6.42 Å². The van der Waals surface area contributed by atoms with Gasteiger partial charge >= 0.3 is 0 Å². The van der Waals surface area contributed by atoms with Crippen molar-refractivity contribution >= 4 is 43.4 Å². The molecule has 9 rings (SSSR count). The van der Waals surface area contributed by atoms with Gasteiger partial charge in [-0.15, -0.1) is 0 Å². The van der Waals surface area contributed by atoms with Gasteiger partial charge < -0.3 is 0 Å². The maximum atomic E-state index is 5.11. The van der Waals surface area contributed by atoms with E-state index in [2.05, 4.69) is 89.5 Å². The Hall–Kier alpha value is -5.35. The monoisotopic (exact) mass is 510 g/mol. The summed E-state index contributed by atoms with van der Waals surface area (Å²) in [4.78, 5) is 15.2. The van der Waals surface area contributed by atoms with Gasteiger partial charge in [-0.25, -0.2) is 4.98 Å². The largest absolute Gasteiger partial charge is 0.278 e. The van der Waals surface area contributed by atoms with E-state index in [4.69, 9.17) is 15.0 Å². The first-order chi connectivity index (χ1) is 19.8. The third-order valence-electron chi connectivity index (χ3n) is 8.22. The van der Waals surface area contributed by atoms with Crippen molar-refractivity contribution in [1.82, 2.24) is 19.5 Å². The molecule has 1 aliphatic rings. The zero-order chi connectivity index (χ0) is 26.2. The molecule has 4 nitrogen and oxygen atoms in total. The third-order valence-corrected chi connectivity index (χ3v) is 8.22. The molecule has 0 fully saturated rings. The van der Waals surface area contributed by atoms with Gasteiger partial charge in [0.1, 0.15) is 0 Å². The zero-order valence-electron chi connectivity index (χ0n) is 21.5. The summed E-state index contributed by atoms with van der Waals surface area (Å²) in [6.07, 6.45) is 0.920. The molecule has 4 heteroatoms. The van der Waals surface area contributed by atoms with Crippen molar-refractivity contribution in [2.75, 3.05) is 0 Å². The fourth-order valence-corrected chi connectivity index (χ4v) is 6.51. The SMILES string of the molecule is c1ccc(-c2nc(-c3ccccc3)nc(-n3c4ccc5cccc6c5c4c4c5c(cccc5ccc43)C6)n2)cc1. The second-order valence-electron chi connectivity index (χ2n) is 10.5. The first kappa shape index (κ1) is 21.6. The van der Waals surface area contributed by atoms with Gasteiger partial charge in [-0.3, -0.25) is 4.57 Å². The van der Waals surface area contributed by atoms with E-state index in [1.165, 1.54) is 43.4 Å². The smallest absolute Gasteiger partial charge is 0.238 e. The van der Waals surface area contributed by atoms with Crippen molar-refractivity contribution in [3.05, 3.63) is 132 Å². The van der Waals surface area contributed by atoms with Gasteiger partial charge in [0.15, 0.2) is 11.6 Å². The molecule has 186 valence electrons. The highest BCUT2D eigenvalue weighted by atomic mass is 15.2. The number of nitrogens with zero attached hydrogens (tertiary/aromatic N) is 4. The quantitative estimate of drug-likeness (QED) is 0.239. The number of hydrogen-bond acceptors (Lipinski definition) is 3. The Morgan fingerprint density at radius 3 is 1.43 bits per heavy atom. The highest BCUT2D eigenvalue weighted by Gasteiger charge is 2.24. The van der Waals surface area contributed by atoms with Crippen molar-refractivity contribution in [3.8, 4) is 28.7 Å². The predicted molar refractivity (Wildman–Crippen MR) is 163 cm³/mol. The van der Waals surface area contributed by atoms with Crippen LogP contribution in [0.1, 0.15) is 11.1 Å². The fraction of sp³-hybridized carbons (Fsp3) is 0.0278. The van der Waals surface area contributed by atoms with E-state index >= 15 is 0 Å². The van der Waals surface area contributed by atoms with Crippen LogP contribution in [-0.4, -0.2) is 19.5 Å². The van der Waals surface area contributed by atoms with Crippen LogP contribution in [0.2, 0.25) is 0 Å². The number of benzene rings is 6. The van der Waals surface area contributed by atoms with Crippen molar-refractivity contribution in [1.29, 1.82) is 0 Å². The number of aromatic nitrogens is 4. The molecule has 1 aliphatic carbocycles. The van der Waals surface area contributed by atoms with Gasteiger partial charge in [0.25, 0.3) is 0 Å². The van der Waals surface area contributed by atoms with Crippen molar-refractivity contribution in [3.63, 3.8) is 0 Å². The van der Waals surface area contributed by atoms with Crippen molar-refractivity contribution in [2.24, 2.45) is 0 Å². The van der Waals surface area contributed by atoms with Crippen LogP contribution in [0, 0.1) is 0 Å². The molecule has 0 saturated carbocycles. The molecule has 0 aliphatic heterocycles. The molecule has 0 amide bonds. The Kier molecular flexibility index (Phi) is 4.35. The summed E-state index contributed by atoms with van der Waals surface area (Å²) in [7, 11) is 0. The lowest BCUT2D eigenvalue weighted by Crippen LogP contribution is -2.06. The standard InChI is InChI=1S/C36H22N4/c1-3-9-24(10-4-1)34-37-35(25-11-5-2-6-12-25)39-36(38-34)40-28-19-17-22-13-7-15-26-21-27-16-8-14-23-18-20-29(40)33(31(23)27)32(28)30(22)26/h1-20H,21H2. The highest BCUT2D eigenvalue weighted by Crippen LogP contribution is 2.44. The summed E-state index contributed by atoms with van der Waals surface area (Å²) in [6, 6.07) is 42.6. The van der Waals surface area contributed by atoms with Gasteiger partial charge in [0.2, 0.25) is 5.95 Å². The molecule has 40 heavy (non-hydrogen) atoms. The molecule has 0 radical (unpaired) electrons. The van der Waals surface area contributed by atoms with Crippen molar-refractivity contribution < 1.29 is 0 Å². The third kappa shape index (κ3) is 2.99. The molecule has 0 unspecified atom stereocenters. The maximum Gasteiger partial charge on any atom is 0.238 e. The Bertz CT molecular complexity index is 2130. The van der Waals surface area contributed by atoms with Crippen LogP contribution < -0.4 is 0 Å². The molecule has 0 saturated heterocycles. The van der Waals surface area contributed by atoms with Gasteiger partial charge in [-0.05, 0) is 51.2 Å². The second-order valence-corrected chi connectivity index (χ2v) is 10.5. The molecule has 0 N–H and O–H groups in total. The lowest BCUT2D eigenvalue weighted by molar-refractivity contribution is 0.954. The van der Waals surface area contributed by atoms with E-state index in [1.54, 1.807) is 0 Å². The summed E-state index contributed by atoms with van der Waals surface area (Å²) in [6.45, 7) is 0. The minimum Gasteiger partial charge on any atom is -0.278 e. The lowest BCUT2D eigenvalue weighted by Gasteiger charge is -2.13. The molecule has 2 heterocycles. The Morgan fingerprint density at radius 1 is 0.425 bits per heavy atom. The molecule has 0 spiro atoms. The summed E-state index contributed by atoms with van der Waals surface area (Å²) >= 11 is 0. The topological polar surface area (TPSA) is 43.6 Å². The summed E-state index contributed by atoms with van der Waals surface area (Å²) in [5.41, 5.74) is 6.87. The maximum absolute atomic E-state index is 5.11. The van der Waals surface area contributed by atoms with E-state index < -0.39 is 0 Å². The van der Waals surface area contributed by atoms with Crippen LogP contribution in [0.15, 0.2) is 121 Å². The average molecular weight is 511 g/mol. The zero-order valence-corrected chi connectivity index (χ0v) is 21.5. The van der Waals surface area contributed by atoms with E-state index in [-0.39, 0.29) is 0 Å². The summed E-state index contributed by atoms with van der Waals surface area (Å²) in [5.74, 6) is 1.95. The minimum absolute atomic E-state index is 0.627. The van der Waals surface area contributed by atoms with E-state index in [0.29, 0.717) is 17.6 Å². The molecule has 0 atom stereocenters. The second kappa shape index (κ2) is 8.08. The minimum atomic E-state index is 0.627. The number of rotatable bonds is 3. The van der Waals surface area contributed by atoms with Gasteiger partial charge in [-0.2, -0.15) is 9.97 Å². The van der Waals surface area contributed by atoms with Gasteiger partial charge in [-0.1, -0.05) is 109 Å². The molecular weight excluding hydrogens is 488 g/mol. The van der Waals surface area contributed by atoms with Crippen LogP contribution >= 0.6 is 0 Å². The molecule has 6 aromatic carbocycles. The Balaban J connectivity index is 1.47. The van der Waals surface area contributed by atoms with Crippen LogP contribution in [0.25, 0.3) is 72.1 Å². The van der Waals surface area contributed by atoms with E-state index in [1.807, 2.05) is 36.4 Å². The molecule has 8 aromatic rings. The van der Waals surface area contributed by atoms with E-state index in [0.717, 1.165) is 28.6 Å². The van der Waals surface area contributed by atoms with E-state index in [9.17, 15) is 0 Å². The highest BCUT2D eigenvalue weighted by molar-refractivity contribution is 6.30. The molecular formula is C36H22N4. The van der Waals surface area contributed by atoms with Crippen LogP contribution in [0.5, 0.6) is 0 Å². The predicted octanol–water partition coefficient (Wildman–Crippen LogP) is 8.51. The Morgan fingerprint density at radius 2 is 0.925 bits per heavy atom.